The first-order chi connectivity index (χ1) is 9.21. The predicted molar refractivity (Wildman–Crippen MR) is 73.3 cm³/mol. The van der Waals surface area contributed by atoms with E-state index in [1.165, 1.54) is 0 Å². The van der Waals surface area contributed by atoms with Crippen molar-refractivity contribution >= 4 is 0 Å². The van der Waals surface area contributed by atoms with Crippen LogP contribution in [-0.2, 0) is 0 Å². The van der Waals surface area contributed by atoms with Gasteiger partial charge in [-0.2, -0.15) is 5.26 Å². The molecule has 1 saturated carbocycles. The summed E-state index contributed by atoms with van der Waals surface area (Å²) in [7, 11) is 3.48. The third-order valence-corrected chi connectivity index (χ3v) is 3.74. The summed E-state index contributed by atoms with van der Waals surface area (Å²) >= 11 is 0. The Hall–Kier alpha value is -1.73. The van der Waals surface area contributed by atoms with Gasteiger partial charge in [0.25, 0.3) is 0 Å². The maximum atomic E-state index is 9.32. The lowest BCUT2D eigenvalue weighted by atomic mass is 9.81. The van der Waals surface area contributed by atoms with E-state index in [-0.39, 0.29) is 6.10 Å². The third-order valence-electron chi connectivity index (χ3n) is 3.74. The van der Waals surface area contributed by atoms with Crippen molar-refractivity contribution in [3.63, 3.8) is 0 Å². The van der Waals surface area contributed by atoms with Crippen molar-refractivity contribution < 1.29 is 9.47 Å². The van der Waals surface area contributed by atoms with E-state index in [1.807, 2.05) is 31.3 Å². The maximum Gasteiger partial charge on any atom is 0.123 e. The van der Waals surface area contributed by atoms with E-state index in [0.717, 1.165) is 37.2 Å². The van der Waals surface area contributed by atoms with Gasteiger partial charge in [0, 0.05) is 12.5 Å². The molecule has 1 N–H and O–H groups in total. The van der Waals surface area contributed by atoms with Crippen molar-refractivity contribution in [1.29, 1.82) is 5.26 Å². The molecule has 4 heteroatoms. The van der Waals surface area contributed by atoms with Gasteiger partial charge in [-0.3, -0.25) is 0 Å². The first kappa shape index (κ1) is 13.7. The smallest absolute Gasteiger partial charge is 0.123 e. The van der Waals surface area contributed by atoms with E-state index < -0.39 is 5.54 Å². The Kier molecular flexibility index (Phi) is 4.28. The molecule has 2 unspecified atom stereocenters. The Morgan fingerprint density at radius 2 is 2.21 bits per heavy atom. The van der Waals surface area contributed by atoms with Crippen molar-refractivity contribution in [3.05, 3.63) is 24.3 Å². The highest BCUT2D eigenvalue weighted by Crippen LogP contribution is 2.31. The van der Waals surface area contributed by atoms with Gasteiger partial charge in [0.05, 0.1) is 13.2 Å². The van der Waals surface area contributed by atoms with Crippen LogP contribution in [0.4, 0.5) is 0 Å². The highest BCUT2D eigenvalue weighted by Gasteiger charge is 2.36. The van der Waals surface area contributed by atoms with Crippen LogP contribution in [0.5, 0.6) is 11.5 Å². The zero-order valence-electron chi connectivity index (χ0n) is 11.5. The number of nitriles is 1. The summed E-state index contributed by atoms with van der Waals surface area (Å²) in [6.45, 7) is 0. The molecule has 19 heavy (non-hydrogen) atoms. The van der Waals surface area contributed by atoms with Crippen LogP contribution in [0, 0.1) is 11.3 Å². The van der Waals surface area contributed by atoms with Crippen molar-refractivity contribution in [2.24, 2.45) is 0 Å². The van der Waals surface area contributed by atoms with E-state index in [1.54, 1.807) is 7.11 Å². The fourth-order valence-corrected chi connectivity index (χ4v) is 2.58. The normalized spacial score (nSPS) is 26.5. The number of rotatable bonds is 4. The van der Waals surface area contributed by atoms with Crippen LogP contribution in [0.15, 0.2) is 24.3 Å². The van der Waals surface area contributed by atoms with Crippen LogP contribution >= 0.6 is 0 Å². The summed E-state index contributed by atoms with van der Waals surface area (Å²) in [5, 5.41) is 12.5. The molecule has 1 aromatic carbocycles. The lowest BCUT2D eigenvalue weighted by Crippen LogP contribution is -2.48. The zero-order valence-corrected chi connectivity index (χ0v) is 11.5. The quantitative estimate of drug-likeness (QED) is 0.903. The lowest BCUT2D eigenvalue weighted by Gasteiger charge is -2.35. The minimum atomic E-state index is -0.443. The Morgan fingerprint density at radius 3 is 2.89 bits per heavy atom. The van der Waals surface area contributed by atoms with Crippen LogP contribution in [-0.4, -0.2) is 25.8 Å². The van der Waals surface area contributed by atoms with Gasteiger partial charge in [-0.05, 0) is 38.4 Å². The summed E-state index contributed by atoms with van der Waals surface area (Å²) in [5.41, 5.74) is -0.443. The number of ether oxygens (including phenoxy) is 2. The van der Waals surface area contributed by atoms with Gasteiger partial charge >= 0.3 is 0 Å². The molecule has 0 radical (unpaired) electrons. The molecular weight excluding hydrogens is 240 g/mol. The predicted octanol–water partition coefficient (Wildman–Crippen LogP) is 2.50. The minimum Gasteiger partial charge on any atom is -0.497 e. The summed E-state index contributed by atoms with van der Waals surface area (Å²) in [6, 6.07) is 9.99. The number of hydrogen-bond donors (Lipinski definition) is 1. The van der Waals surface area contributed by atoms with E-state index >= 15 is 0 Å². The molecule has 102 valence electrons. The van der Waals surface area contributed by atoms with Gasteiger partial charge in [0.15, 0.2) is 0 Å². The molecule has 0 heterocycles. The van der Waals surface area contributed by atoms with Crippen LogP contribution < -0.4 is 14.8 Å². The molecule has 1 aliphatic carbocycles. The molecule has 1 fully saturated rings. The van der Waals surface area contributed by atoms with Gasteiger partial charge in [-0.25, -0.2) is 0 Å². The molecule has 1 aromatic rings. The molecule has 0 amide bonds. The summed E-state index contributed by atoms with van der Waals surface area (Å²) in [4.78, 5) is 0. The second-order valence-corrected chi connectivity index (χ2v) is 4.96. The monoisotopic (exact) mass is 260 g/mol. The zero-order chi connectivity index (χ0) is 13.7. The highest BCUT2D eigenvalue weighted by molar-refractivity contribution is 5.33. The molecule has 4 nitrogen and oxygen atoms in total. The van der Waals surface area contributed by atoms with E-state index in [9.17, 15) is 5.26 Å². The molecule has 2 atom stereocenters. The molecule has 1 aliphatic rings. The Morgan fingerprint density at radius 1 is 1.42 bits per heavy atom. The van der Waals surface area contributed by atoms with Gasteiger partial charge in [0.1, 0.15) is 23.1 Å². The first-order valence-electron chi connectivity index (χ1n) is 6.62. The Labute approximate surface area is 114 Å². The van der Waals surface area contributed by atoms with Crippen LogP contribution in [0.2, 0.25) is 0 Å². The maximum absolute atomic E-state index is 9.32. The van der Waals surface area contributed by atoms with E-state index in [4.69, 9.17) is 9.47 Å². The van der Waals surface area contributed by atoms with Crippen molar-refractivity contribution in [1.82, 2.24) is 5.32 Å². The molecule has 0 spiro atoms. The van der Waals surface area contributed by atoms with E-state index in [0.29, 0.717) is 0 Å². The molecule has 0 aliphatic heterocycles. The number of methoxy groups -OCH3 is 1. The molecule has 0 bridgehead atoms. The average Bonchev–Trinajstić information content (AvgIpc) is 2.47. The fourth-order valence-electron chi connectivity index (χ4n) is 2.58. The molecule has 2 rings (SSSR count). The van der Waals surface area contributed by atoms with Gasteiger partial charge in [-0.15, -0.1) is 0 Å². The van der Waals surface area contributed by atoms with Crippen LogP contribution in [0.3, 0.4) is 0 Å². The topological polar surface area (TPSA) is 54.3 Å². The average molecular weight is 260 g/mol. The van der Waals surface area contributed by atoms with E-state index in [2.05, 4.69) is 11.4 Å². The number of nitrogens with one attached hydrogen (secondary N) is 1. The van der Waals surface area contributed by atoms with Gasteiger partial charge < -0.3 is 14.8 Å². The second kappa shape index (κ2) is 5.94. The molecular formula is C15H20N2O2. The minimum absolute atomic E-state index is 0.0768. The SMILES string of the molecule is CNC1(C#N)CCCC(Oc2cccc(OC)c2)C1. The number of hydrogen-bond acceptors (Lipinski definition) is 4. The van der Waals surface area contributed by atoms with Crippen molar-refractivity contribution in [2.75, 3.05) is 14.2 Å². The Bertz CT molecular complexity index is 469. The van der Waals surface area contributed by atoms with Gasteiger partial charge in [0.2, 0.25) is 0 Å². The standard InChI is InChI=1S/C15H20N2O2/c1-17-15(11-16)8-4-7-14(10-15)19-13-6-3-5-12(9-13)18-2/h3,5-6,9,14,17H,4,7-8,10H2,1-2H3. The van der Waals surface area contributed by atoms with Crippen LogP contribution in [0.1, 0.15) is 25.7 Å². The third kappa shape index (κ3) is 3.18. The summed E-state index contributed by atoms with van der Waals surface area (Å²) in [6.07, 6.45) is 3.67. The molecule has 0 saturated heterocycles. The van der Waals surface area contributed by atoms with Crippen molar-refractivity contribution in [3.8, 4) is 17.6 Å². The summed E-state index contributed by atoms with van der Waals surface area (Å²) in [5.74, 6) is 1.59. The Balaban J connectivity index is 2.04. The number of benzene rings is 1. The first-order valence-corrected chi connectivity index (χ1v) is 6.62. The van der Waals surface area contributed by atoms with Gasteiger partial charge in [-0.1, -0.05) is 6.07 Å². The van der Waals surface area contributed by atoms with Crippen LogP contribution in [0.25, 0.3) is 0 Å². The number of nitrogens with zero attached hydrogens (tertiary/aromatic N) is 1. The molecule has 0 aromatic heterocycles. The fraction of sp³-hybridized carbons (Fsp3) is 0.533. The second-order valence-electron chi connectivity index (χ2n) is 4.96. The summed E-state index contributed by atoms with van der Waals surface area (Å²) < 4.78 is 11.2. The largest absolute Gasteiger partial charge is 0.497 e. The van der Waals surface area contributed by atoms with Crippen molar-refractivity contribution in [2.45, 2.75) is 37.3 Å². The lowest BCUT2D eigenvalue weighted by molar-refractivity contribution is 0.115. The highest BCUT2D eigenvalue weighted by atomic mass is 16.5.